The predicted molar refractivity (Wildman–Crippen MR) is 71.0 cm³/mol. The highest BCUT2D eigenvalue weighted by Crippen LogP contribution is 2.23. The third kappa shape index (κ3) is 3.83. The van der Waals surface area contributed by atoms with Gasteiger partial charge in [0, 0.05) is 10.4 Å². The van der Waals surface area contributed by atoms with Gasteiger partial charge in [0.1, 0.15) is 0 Å². The normalized spacial score (nSPS) is 10.7. The van der Waals surface area contributed by atoms with E-state index in [9.17, 15) is 0 Å². The van der Waals surface area contributed by atoms with Crippen LogP contribution in [0.5, 0.6) is 0 Å². The Morgan fingerprint density at radius 2 is 2.13 bits per heavy atom. The molecule has 0 aliphatic carbocycles. The monoisotopic (exact) mass is 265 g/mol. The summed E-state index contributed by atoms with van der Waals surface area (Å²) in [7, 11) is 0. The maximum atomic E-state index is 3.81. The number of aryl methyl sites for hydroxylation is 1. The van der Waals surface area contributed by atoms with Crippen molar-refractivity contribution < 1.29 is 0 Å². The molecule has 81 valence electrons. The lowest BCUT2D eigenvalue weighted by Gasteiger charge is -2.09. The summed E-state index contributed by atoms with van der Waals surface area (Å²) in [5, 5.41) is 0. The molecule has 0 aliphatic heterocycles. The molecule has 1 aromatic rings. The van der Waals surface area contributed by atoms with Crippen molar-refractivity contribution >= 4 is 15.9 Å². The Labute approximate surface area is 102 Å². The lowest BCUT2D eigenvalue weighted by Crippen LogP contribution is -1.93. The summed E-state index contributed by atoms with van der Waals surface area (Å²) in [5.74, 6) is 1.23. The number of unbranched alkanes of at least 4 members (excludes halogenated alkanes) is 1. The van der Waals surface area contributed by atoms with Gasteiger partial charge in [0.15, 0.2) is 0 Å². The molecule has 0 unspecified atom stereocenters. The third-order valence-corrected chi connectivity index (χ3v) is 3.00. The average Bonchev–Trinajstić information content (AvgIpc) is 2.24. The summed E-state index contributed by atoms with van der Waals surface area (Å²) < 4.78 is 1.16. The molecule has 0 aliphatic rings. The topological polar surface area (TPSA) is 0 Å². The van der Waals surface area contributed by atoms with E-state index in [0.717, 1.165) is 10.9 Å². The molecule has 0 amide bonds. The summed E-state index contributed by atoms with van der Waals surface area (Å²) in [6.07, 6.45) is 5.56. The maximum absolute atomic E-state index is 3.81. The highest BCUT2D eigenvalue weighted by molar-refractivity contribution is 9.10. The minimum Gasteiger partial charge on any atom is -0.102 e. The van der Waals surface area contributed by atoms with Crippen LogP contribution in [0.3, 0.4) is 0 Å². The van der Waals surface area contributed by atoms with Crippen LogP contribution in [0, 0.1) is 5.92 Å². The largest absolute Gasteiger partial charge is 0.102 e. The predicted octanol–water partition coefficient (Wildman–Crippen LogP) is 4.92. The van der Waals surface area contributed by atoms with Crippen molar-refractivity contribution in [3.8, 4) is 0 Å². The number of halogens is 1. The van der Waals surface area contributed by atoms with Crippen molar-refractivity contribution in [3.05, 3.63) is 52.4 Å². The first-order valence-corrected chi connectivity index (χ1v) is 6.22. The van der Waals surface area contributed by atoms with E-state index in [1.807, 2.05) is 6.08 Å². The van der Waals surface area contributed by atoms with E-state index in [-0.39, 0.29) is 0 Å². The molecular weight excluding hydrogens is 248 g/mol. The molecule has 0 nitrogen and oxygen atoms in total. The van der Waals surface area contributed by atoms with Crippen LogP contribution in [-0.4, -0.2) is 0 Å². The summed E-state index contributed by atoms with van der Waals surface area (Å²) in [6, 6.07) is 6.61. The minimum absolute atomic E-state index is 1.16. The zero-order chi connectivity index (χ0) is 11.3. The first-order chi connectivity index (χ1) is 7.17. The van der Waals surface area contributed by atoms with Gasteiger partial charge in [0.25, 0.3) is 0 Å². The van der Waals surface area contributed by atoms with Crippen LogP contribution in [0.1, 0.15) is 37.8 Å². The molecule has 1 rings (SSSR count). The zero-order valence-electron chi connectivity index (χ0n) is 9.52. The zero-order valence-corrected chi connectivity index (χ0v) is 11.1. The van der Waals surface area contributed by atoms with E-state index in [2.05, 4.69) is 54.6 Å². The number of allylic oxidation sites excluding steroid dienone is 1. The Hall–Kier alpha value is -0.560. The highest BCUT2D eigenvalue weighted by Gasteiger charge is 2.04. The summed E-state index contributed by atoms with van der Waals surface area (Å²) in [6.45, 7) is 8.12. The molecule has 0 N–H and O–H groups in total. The molecule has 0 bridgehead atoms. The van der Waals surface area contributed by atoms with Gasteiger partial charge in [0.05, 0.1) is 0 Å². The number of benzene rings is 1. The Morgan fingerprint density at radius 3 is 2.73 bits per heavy atom. The van der Waals surface area contributed by atoms with Gasteiger partial charge in [-0.15, -0.1) is 6.58 Å². The van der Waals surface area contributed by atoms with Gasteiger partial charge in [-0.2, -0.15) is 0 Å². The minimum atomic E-state index is 1.16. The molecule has 1 aromatic carbocycles. The fraction of sp³-hybridized carbons (Fsp3) is 0.357. The molecule has 0 aromatic heterocycles. The maximum Gasteiger partial charge on any atom is 0.0230 e. The first-order valence-electron chi connectivity index (χ1n) is 5.43. The van der Waals surface area contributed by atoms with E-state index < -0.39 is 0 Å². The van der Waals surface area contributed by atoms with Gasteiger partial charge < -0.3 is 0 Å². The lowest BCUT2D eigenvalue weighted by molar-refractivity contribution is 0.794. The van der Waals surface area contributed by atoms with Crippen molar-refractivity contribution in [2.24, 2.45) is 0 Å². The van der Waals surface area contributed by atoms with Gasteiger partial charge in [-0.25, -0.2) is 0 Å². The van der Waals surface area contributed by atoms with E-state index in [4.69, 9.17) is 0 Å². The van der Waals surface area contributed by atoms with Crippen molar-refractivity contribution in [1.29, 1.82) is 0 Å². The van der Waals surface area contributed by atoms with Crippen LogP contribution in [-0.2, 0) is 6.42 Å². The Kier molecular flexibility index (Phi) is 5.10. The van der Waals surface area contributed by atoms with E-state index in [1.54, 1.807) is 0 Å². The van der Waals surface area contributed by atoms with Crippen molar-refractivity contribution in [2.75, 3.05) is 0 Å². The lowest BCUT2D eigenvalue weighted by atomic mass is 9.97. The third-order valence-electron chi connectivity index (χ3n) is 2.54. The highest BCUT2D eigenvalue weighted by atomic mass is 79.9. The van der Waals surface area contributed by atoms with Gasteiger partial charge in [-0.3, -0.25) is 0 Å². The fourth-order valence-electron chi connectivity index (χ4n) is 1.52. The summed E-state index contributed by atoms with van der Waals surface area (Å²) >= 11 is 3.55. The molecule has 0 spiro atoms. The van der Waals surface area contributed by atoms with Crippen LogP contribution in [0.15, 0.2) is 35.3 Å². The number of hydrogen-bond donors (Lipinski definition) is 0. The second kappa shape index (κ2) is 6.12. The molecule has 15 heavy (non-hydrogen) atoms. The smallest absolute Gasteiger partial charge is 0.0230 e. The van der Waals surface area contributed by atoms with Gasteiger partial charge in [-0.05, 0) is 36.1 Å². The van der Waals surface area contributed by atoms with Crippen LogP contribution < -0.4 is 0 Å². The molecule has 0 saturated heterocycles. The van der Waals surface area contributed by atoms with Crippen molar-refractivity contribution in [2.45, 2.75) is 33.1 Å². The van der Waals surface area contributed by atoms with Gasteiger partial charge in [-0.1, -0.05) is 48.3 Å². The van der Waals surface area contributed by atoms with Crippen molar-refractivity contribution in [1.82, 2.24) is 0 Å². The molecule has 0 atom stereocenters. The Balaban J connectivity index is 2.89. The van der Waals surface area contributed by atoms with Crippen LogP contribution in [0.2, 0.25) is 0 Å². The van der Waals surface area contributed by atoms with Crippen LogP contribution >= 0.6 is 15.9 Å². The molecule has 0 saturated carbocycles. The number of hydrogen-bond acceptors (Lipinski definition) is 0. The van der Waals surface area contributed by atoms with E-state index >= 15 is 0 Å². The molecule has 1 radical (unpaired) electrons. The average molecular weight is 266 g/mol. The molecule has 0 fully saturated rings. The van der Waals surface area contributed by atoms with Crippen LogP contribution in [0.25, 0.3) is 0 Å². The fourth-order valence-corrected chi connectivity index (χ4v) is 2.06. The van der Waals surface area contributed by atoms with E-state index in [1.165, 1.54) is 29.9 Å². The molecule has 1 heteroatoms. The second-order valence-electron chi connectivity index (χ2n) is 3.84. The second-order valence-corrected chi connectivity index (χ2v) is 4.75. The molecular formula is C14H18Br. The standard InChI is InChI=1S/C14H18Br/c1-4-6-7-12-8-13(11(3)5-2)10-14(15)9-12/h5,8-10H,2,4,6-7H2,1,3H3. The quantitative estimate of drug-likeness (QED) is 0.709. The van der Waals surface area contributed by atoms with Gasteiger partial charge >= 0.3 is 0 Å². The Morgan fingerprint density at radius 1 is 1.40 bits per heavy atom. The summed E-state index contributed by atoms with van der Waals surface area (Å²) in [4.78, 5) is 0. The number of rotatable bonds is 5. The van der Waals surface area contributed by atoms with Gasteiger partial charge in [0.2, 0.25) is 0 Å². The Bertz CT molecular complexity index is 328. The first kappa shape index (κ1) is 12.5. The summed E-state index contributed by atoms with van der Waals surface area (Å²) in [5.41, 5.74) is 2.67. The van der Waals surface area contributed by atoms with Crippen LogP contribution in [0.4, 0.5) is 0 Å². The van der Waals surface area contributed by atoms with Crippen molar-refractivity contribution in [3.63, 3.8) is 0 Å². The molecule has 0 heterocycles. The van der Waals surface area contributed by atoms with E-state index in [0.29, 0.717) is 0 Å². The SMILES string of the molecule is C=C[C](C)c1cc(Br)cc(CCCC)c1.